The minimum atomic E-state index is -0.467. The normalized spacial score (nSPS) is 12.9. The van der Waals surface area contributed by atoms with Crippen molar-refractivity contribution in [3.05, 3.63) is 241 Å². The maximum atomic E-state index is 2.51. The van der Waals surface area contributed by atoms with Gasteiger partial charge in [0.1, 0.15) is 0 Å². The van der Waals surface area contributed by atoms with Gasteiger partial charge in [0, 0.05) is 0 Å². The summed E-state index contributed by atoms with van der Waals surface area (Å²) in [7, 11) is 0. The summed E-state index contributed by atoms with van der Waals surface area (Å²) < 4.78 is 0. The van der Waals surface area contributed by atoms with E-state index in [9.17, 15) is 0 Å². The van der Waals surface area contributed by atoms with E-state index in [2.05, 4.69) is 218 Å². The monoisotopic (exact) mass is 696 g/mol. The van der Waals surface area contributed by atoms with Gasteiger partial charge in [0.05, 0.1) is 5.41 Å². The molecule has 55 heavy (non-hydrogen) atoms. The smallest absolute Gasteiger partial charge is 0.0622 e. The molecule has 0 unspecified atom stereocenters. The molecule has 11 rings (SSSR count). The maximum Gasteiger partial charge on any atom is 0.0714 e. The molecule has 0 nitrogen and oxygen atoms in total. The van der Waals surface area contributed by atoms with Crippen molar-refractivity contribution < 1.29 is 0 Å². The summed E-state index contributed by atoms with van der Waals surface area (Å²) >= 11 is 0. The van der Waals surface area contributed by atoms with E-state index in [1.54, 1.807) is 0 Å². The van der Waals surface area contributed by atoms with Gasteiger partial charge in [-0.1, -0.05) is 212 Å². The Hall–Kier alpha value is -7.02. The van der Waals surface area contributed by atoms with Crippen molar-refractivity contribution in [2.45, 2.75) is 5.41 Å². The molecule has 10 aromatic rings. The Kier molecular flexibility index (Phi) is 7.19. The van der Waals surface area contributed by atoms with Gasteiger partial charge in [-0.3, -0.25) is 0 Å². The molecule has 256 valence electrons. The Labute approximate surface area is 321 Å². The lowest BCUT2D eigenvalue weighted by atomic mass is 9.67. The third kappa shape index (κ3) is 4.65. The molecule has 0 aromatic heterocycles. The zero-order valence-corrected chi connectivity index (χ0v) is 30.3. The molecule has 1 aliphatic carbocycles. The van der Waals surface area contributed by atoms with Crippen LogP contribution in [0.4, 0.5) is 0 Å². The Balaban J connectivity index is 1.16. The van der Waals surface area contributed by atoms with E-state index in [1.165, 1.54) is 99.1 Å². The predicted octanol–water partition coefficient (Wildman–Crippen LogP) is 14.5. The van der Waals surface area contributed by atoms with Gasteiger partial charge in [-0.05, 0) is 105 Å². The van der Waals surface area contributed by atoms with Crippen molar-refractivity contribution in [2.75, 3.05) is 0 Å². The average Bonchev–Trinajstić information content (AvgIpc) is 3.57. The van der Waals surface area contributed by atoms with Crippen molar-refractivity contribution >= 4 is 32.3 Å². The fraction of sp³-hybridized carbons (Fsp3) is 0.0182. The molecule has 0 heterocycles. The summed E-state index contributed by atoms with van der Waals surface area (Å²) in [5.74, 6) is 0. The lowest BCUT2D eigenvalue weighted by molar-refractivity contribution is 0.769. The van der Waals surface area contributed by atoms with Crippen molar-refractivity contribution in [1.82, 2.24) is 0 Å². The van der Waals surface area contributed by atoms with Crippen LogP contribution >= 0.6 is 0 Å². The summed E-state index contributed by atoms with van der Waals surface area (Å²) in [6, 6.07) is 80.7. The number of fused-ring (bicyclic) bond motifs is 7. The lowest BCUT2D eigenvalue weighted by Crippen LogP contribution is -2.28. The number of benzene rings is 10. The first-order valence-electron chi connectivity index (χ1n) is 19.2. The van der Waals surface area contributed by atoms with Crippen LogP contribution in [0.2, 0.25) is 0 Å². The molecule has 0 fully saturated rings. The molecule has 0 heteroatoms. The van der Waals surface area contributed by atoms with Crippen LogP contribution in [-0.2, 0) is 5.41 Å². The summed E-state index contributed by atoms with van der Waals surface area (Å²) in [6.45, 7) is 0. The third-order valence-corrected chi connectivity index (χ3v) is 11.9. The second-order valence-electron chi connectivity index (χ2n) is 14.7. The van der Waals surface area contributed by atoms with Crippen LogP contribution in [0.15, 0.2) is 218 Å². The molecule has 0 bridgehead atoms. The van der Waals surface area contributed by atoms with Crippen molar-refractivity contribution in [3.63, 3.8) is 0 Å². The Morgan fingerprint density at radius 3 is 1.15 bits per heavy atom. The SMILES string of the molecule is c1ccc(-c2c3ccccc3c(-c3ccc(-c4cc5c(c6ccccc46)-c4ccccc4C5(c4ccccc4)c4ccccc4)cc3)c3ccccc23)cc1. The molecular formula is C55H36. The number of hydrogen-bond acceptors (Lipinski definition) is 0. The minimum absolute atomic E-state index is 0.467. The minimum Gasteiger partial charge on any atom is -0.0622 e. The van der Waals surface area contributed by atoms with Crippen molar-refractivity contribution in [2.24, 2.45) is 0 Å². The van der Waals surface area contributed by atoms with E-state index >= 15 is 0 Å². The molecule has 1 aliphatic rings. The first kappa shape index (κ1) is 31.5. The Morgan fingerprint density at radius 1 is 0.236 bits per heavy atom. The lowest BCUT2D eigenvalue weighted by Gasteiger charge is -2.34. The van der Waals surface area contributed by atoms with Crippen LogP contribution in [0.1, 0.15) is 22.3 Å². The highest BCUT2D eigenvalue weighted by atomic mass is 14.5. The largest absolute Gasteiger partial charge is 0.0714 e. The van der Waals surface area contributed by atoms with Crippen molar-refractivity contribution in [3.8, 4) is 44.5 Å². The Morgan fingerprint density at radius 2 is 0.618 bits per heavy atom. The molecule has 0 saturated carbocycles. The summed E-state index contributed by atoms with van der Waals surface area (Å²) in [6.07, 6.45) is 0. The van der Waals surface area contributed by atoms with Gasteiger partial charge in [-0.2, -0.15) is 0 Å². The van der Waals surface area contributed by atoms with E-state index in [1.807, 2.05) is 0 Å². The summed E-state index contributed by atoms with van der Waals surface area (Å²) in [5, 5.41) is 7.63. The molecular weight excluding hydrogens is 661 g/mol. The second kappa shape index (κ2) is 12.5. The highest BCUT2D eigenvalue weighted by Gasteiger charge is 2.47. The highest BCUT2D eigenvalue weighted by molar-refractivity contribution is 6.21. The number of hydrogen-bond donors (Lipinski definition) is 0. The van der Waals surface area contributed by atoms with E-state index in [0.29, 0.717) is 0 Å². The third-order valence-electron chi connectivity index (χ3n) is 11.9. The maximum absolute atomic E-state index is 2.51. The zero-order valence-electron chi connectivity index (χ0n) is 30.3. The standard InChI is InChI=1S/C55H36/c1-4-18-38(19-5-1)52-44-26-12-14-28-46(44)53(47-29-15-13-27-45(47)52)39-34-32-37(33-35-39)49-36-51-54(43-25-11-10-24-42(43)49)48-30-16-17-31-50(48)55(51,40-20-6-2-7-21-40)41-22-8-3-9-23-41/h1-36H. The molecule has 0 aliphatic heterocycles. The van der Waals surface area contributed by atoms with Crippen LogP contribution in [-0.4, -0.2) is 0 Å². The van der Waals surface area contributed by atoms with E-state index in [4.69, 9.17) is 0 Å². The van der Waals surface area contributed by atoms with Crippen LogP contribution in [0, 0.1) is 0 Å². The van der Waals surface area contributed by atoms with Gasteiger partial charge in [-0.15, -0.1) is 0 Å². The molecule has 0 amide bonds. The molecule has 0 spiro atoms. The van der Waals surface area contributed by atoms with Crippen molar-refractivity contribution in [1.29, 1.82) is 0 Å². The molecule has 10 aromatic carbocycles. The summed E-state index contributed by atoms with van der Waals surface area (Å²) in [5.41, 5.74) is 14.9. The molecule has 0 N–H and O–H groups in total. The average molecular weight is 697 g/mol. The van der Waals surface area contributed by atoms with Crippen LogP contribution in [0.5, 0.6) is 0 Å². The van der Waals surface area contributed by atoms with E-state index in [0.717, 1.165) is 0 Å². The van der Waals surface area contributed by atoms with Crippen LogP contribution in [0.25, 0.3) is 76.8 Å². The van der Waals surface area contributed by atoms with Gasteiger partial charge < -0.3 is 0 Å². The van der Waals surface area contributed by atoms with Gasteiger partial charge in [0.25, 0.3) is 0 Å². The van der Waals surface area contributed by atoms with Crippen LogP contribution < -0.4 is 0 Å². The fourth-order valence-electron chi connectivity index (χ4n) is 9.71. The highest BCUT2D eigenvalue weighted by Crippen LogP contribution is 2.59. The number of rotatable bonds is 5. The molecule has 0 saturated heterocycles. The quantitative estimate of drug-likeness (QED) is 0.157. The van der Waals surface area contributed by atoms with E-state index in [-0.39, 0.29) is 0 Å². The second-order valence-corrected chi connectivity index (χ2v) is 14.7. The predicted molar refractivity (Wildman–Crippen MR) is 233 cm³/mol. The van der Waals surface area contributed by atoms with Gasteiger partial charge in [-0.25, -0.2) is 0 Å². The van der Waals surface area contributed by atoms with Gasteiger partial charge in [0.15, 0.2) is 0 Å². The molecule has 0 atom stereocenters. The summed E-state index contributed by atoms with van der Waals surface area (Å²) in [4.78, 5) is 0. The zero-order chi connectivity index (χ0) is 36.3. The topological polar surface area (TPSA) is 0 Å². The van der Waals surface area contributed by atoms with Gasteiger partial charge in [0.2, 0.25) is 0 Å². The van der Waals surface area contributed by atoms with E-state index < -0.39 is 5.41 Å². The Bertz CT molecular complexity index is 2950. The van der Waals surface area contributed by atoms with Gasteiger partial charge >= 0.3 is 0 Å². The first-order chi connectivity index (χ1) is 27.3. The molecule has 0 radical (unpaired) electrons. The van der Waals surface area contributed by atoms with Crippen LogP contribution in [0.3, 0.4) is 0 Å². The fourth-order valence-corrected chi connectivity index (χ4v) is 9.71. The first-order valence-corrected chi connectivity index (χ1v) is 19.2.